The maximum atomic E-state index is 12.0. The summed E-state index contributed by atoms with van der Waals surface area (Å²) in [5, 5.41) is 5.91. The lowest BCUT2D eigenvalue weighted by Gasteiger charge is -2.31. The molecule has 128 valence electrons. The van der Waals surface area contributed by atoms with Crippen LogP contribution in [-0.4, -0.2) is 30.6 Å². The van der Waals surface area contributed by atoms with E-state index in [-0.39, 0.29) is 6.03 Å². The zero-order chi connectivity index (χ0) is 16.5. The van der Waals surface area contributed by atoms with Gasteiger partial charge in [0.25, 0.3) is 0 Å². The highest BCUT2D eigenvalue weighted by Gasteiger charge is 2.19. The van der Waals surface area contributed by atoms with E-state index < -0.39 is 0 Å². The maximum absolute atomic E-state index is 12.0. The number of unbranched alkanes of at least 4 members (excludes halogenated alkanes) is 1. The Kier molecular flexibility index (Phi) is 7.40. The number of urea groups is 1. The van der Waals surface area contributed by atoms with Crippen LogP contribution in [0.4, 0.5) is 10.5 Å². The van der Waals surface area contributed by atoms with Crippen LogP contribution in [0.2, 0.25) is 0 Å². The Morgan fingerprint density at radius 2 is 1.96 bits per heavy atom. The third kappa shape index (κ3) is 5.87. The summed E-state index contributed by atoms with van der Waals surface area (Å²) in [4.78, 5) is 14.4. The van der Waals surface area contributed by atoms with E-state index in [9.17, 15) is 4.79 Å². The first kappa shape index (κ1) is 17.8. The molecule has 0 bridgehead atoms. The second kappa shape index (κ2) is 9.56. The fraction of sp³-hybridized carbons (Fsp3) is 0.632. The molecule has 1 aliphatic carbocycles. The number of hydrogen-bond acceptors (Lipinski definition) is 2. The van der Waals surface area contributed by atoms with Gasteiger partial charge in [0, 0.05) is 24.8 Å². The van der Waals surface area contributed by atoms with Crippen LogP contribution < -0.4 is 10.6 Å². The van der Waals surface area contributed by atoms with Gasteiger partial charge in [0.15, 0.2) is 0 Å². The van der Waals surface area contributed by atoms with Gasteiger partial charge in [-0.3, -0.25) is 4.90 Å². The summed E-state index contributed by atoms with van der Waals surface area (Å²) in [6.07, 6.45) is 8.75. The van der Waals surface area contributed by atoms with E-state index in [2.05, 4.69) is 35.6 Å². The van der Waals surface area contributed by atoms with Gasteiger partial charge in [-0.1, -0.05) is 50.8 Å². The second-order valence-corrected chi connectivity index (χ2v) is 6.60. The van der Waals surface area contributed by atoms with Crippen molar-refractivity contribution in [1.29, 1.82) is 0 Å². The Bertz CT molecular complexity index is 483. The monoisotopic (exact) mass is 317 g/mol. The topological polar surface area (TPSA) is 44.4 Å². The van der Waals surface area contributed by atoms with Crippen LogP contribution in [-0.2, 0) is 6.54 Å². The lowest BCUT2D eigenvalue weighted by molar-refractivity contribution is 0.185. The highest BCUT2D eigenvalue weighted by molar-refractivity contribution is 5.90. The van der Waals surface area contributed by atoms with Crippen molar-refractivity contribution in [3.63, 3.8) is 0 Å². The van der Waals surface area contributed by atoms with Gasteiger partial charge in [-0.05, 0) is 37.9 Å². The summed E-state index contributed by atoms with van der Waals surface area (Å²) >= 11 is 0. The lowest BCUT2D eigenvalue weighted by atomic mass is 9.94. The van der Waals surface area contributed by atoms with Gasteiger partial charge < -0.3 is 10.6 Å². The minimum absolute atomic E-state index is 0.105. The summed E-state index contributed by atoms with van der Waals surface area (Å²) in [5.41, 5.74) is 2.11. The molecular formula is C19H31N3O. The maximum Gasteiger partial charge on any atom is 0.319 e. The molecule has 0 radical (unpaired) electrons. The molecule has 2 N–H and O–H groups in total. The van der Waals surface area contributed by atoms with E-state index in [1.165, 1.54) is 37.7 Å². The van der Waals surface area contributed by atoms with Crippen molar-refractivity contribution >= 4 is 11.7 Å². The van der Waals surface area contributed by atoms with E-state index in [1.54, 1.807) is 0 Å². The first-order valence-electron chi connectivity index (χ1n) is 9.03. The predicted octanol–water partition coefficient (Wildman–Crippen LogP) is 4.37. The van der Waals surface area contributed by atoms with Crippen molar-refractivity contribution in [1.82, 2.24) is 10.2 Å². The van der Waals surface area contributed by atoms with Gasteiger partial charge in [-0.15, -0.1) is 0 Å². The molecule has 0 aliphatic heterocycles. The average Bonchev–Trinajstić information content (AvgIpc) is 2.57. The number of nitrogens with zero attached hydrogens (tertiary/aromatic N) is 1. The van der Waals surface area contributed by atoms with Crippen molar-refractivity contribution in [2.45, 2.75) is 64.5 Å². The molecule has 0 atom stereocenters. The SMILES string of the molecule is CCCCNC(=O)Nc1ccccc1CN(C)C1CCCCC1. The van der Waals surface area contributed by atoms with Gasteiger partial charge >= 0.3 is 6.03 Å². The molecule has 1 saturated carbocycles. The molecule has 2 amide bonds. The van der Waals surface area contributed by atoms with E-state index >= 15 is 0 Å². The fourth-order valence-corrected chi connectivity index (χ4v) is 3.24. The van der Waals surface area contributed by atoms with Crippen LogP contribution in [0, 0.1) is 0 Å². The molecule has 2 rings (SSSR count). The van der Waals surface area contributed by atoms with Crippen LogP contribution in [0.5, 0.6) is 0 Å². The third-order valence-electron chi connectivity index (χ3n) is 4.70. The van der Waals surface area contributed by atoms with Gasteiger partial charge in [0.1, 0.15) is 0 Å². The number of nitrogens with one attached hydrogen (secondary N) is 2. The molecule has 1 aromatic carbocycles. The van der Waals surface area contributed by atoms with Crippen LogP contribution in [0.3, 0.4) is 0 Å². The quantitative estimate of drug-likeness (QED) is 0.733. The molecule has 0 saturated heterocycles. The summed E-state index contributed by atoms with van der Waals surface area (Å²) in [7, 11) is 2.20. The van der Waals surface area contributed by atoms with Crippen molar-refractivity contribution in [3.8, 4) is 0 Å². The van der Waals surface area contributed by atoms with E-state index in [0.29, 0.717) is 6.04 Å². The first-order valence-corrected chi connectivity index (χ1v) is 9.03. The van der Waals surface area contributed by atoms with Crippen molar-refractivity contribution in [2.24, 2.45) is 0 Å². The largest absolute Gasteiger partial charge is 0.338 e. The Balaban J connectivity index is 1.92. The molecule has 0 unspecified atom stereocenters. The molecule has 0 aromatic heterocycles. The Labute approximate surface area is 140 Å². The molecule has 1 aromatic rings. The normalized spacial score (nSPS) is 15.6. The van der Waals surface area contributed by atoms with Gasteiger partial charge in [-0.2, -0.15) is 0 Å². The zero-order valence-electron chi connectivity index (χ0n) is 14.6. The Morgan fingerprint density at radius 1 is 1.22 bits per heavy atom. The highest BCUT2D eigenvalue weighted by Crippen LogP contribution is 2.24. The molecule has 23 heavy (non-hydrogen) atoms. The molecule has 4 nitrogen and oxygen atoms in total. The molecule has 4 heteroatoms. The van der Waals surface area contributed by atoms with Crippen LogP contribution >= 0.6 is 0 Å². The summed E-state index contributed by atoms with van der Waals surface area (Å²) < 4.78 is 0. The number of para-hydroxylation sites is 1. The minimum atomic E-state index is -0.105. The number of amides is 2. The number of anilines is 1. The standard InChI is InChI=1S/C19H31N3O/c1-3-4-14-20-19(23)21-18-13-9-8-10-16(18)15-22(2)17-11-6-5-7-12-17/h8-10,13,17H,3-7,11-12,14-15H2,1-2H3,(H2,20,21,23). The molecule has 1 aliphatic rings. The summed E-state index contributed by atoms with van der Waals surface area (Å²) in [5.74, 6) is 0. The van der Waals surface area contributed by atoms with E-state index in [1.807, 2.05) is 18.2 Å². The fourth-order valence-electron chi connectivity index (χ4n) is 3.24. The number of rotatable bonds is 7. The van der Waals surface area contributed by atoms with Gasteiger partial charge in [-0.25, -0.2) is 4.79 Å². The number of benzene rings is 1. The number of hydrogen-bond donors (Lipinski definition) is 2. The Morgan fingerprint density at radius 3 is 2.70 bits per heavy atom. The number of carbonyl (C=O) groups is 1. The Hall–Kier alpha value is -1.55. The van der Waals surface area contributed by atoms with Crippen molar-refractivity contribution < 1.29 is 4.79 Å². The summed E-state index contributed by atoms with van der Waals surface area (Å²) in [6.45, 7) is 3.73. The molecular weight excluding hydrogens is 286 g/mol. The van der Waals surface area contributed by atoms with Crippen LogP contribution in [0.25, 0.3) is 0 Å². The predicted molar refractivity (Wildman–Crippen MR) is 96.7 cm³/mol. The number of carbonyl (C=O) groups excluding carboxylic acids is 1. The smallest absolute Gasteiger partial charge is 0.319 e. The van der Waals surface area contributed by atoms with Crippen molar-refractivity contribution in [2.75, 3.05) is 18.9 Å². The molecule has 0 heterocycles. The molecule has 0 spiro atoms. The van der Waals surface area contributed by atoms with Crippen LogP contribution in [0.1, 0.15) is 57.4 Å². The third-order valence-corrected chi connectivity index (χ3v) is 4.70. The average molecular weight is 317 g/mol. The second-order valence-electron chi connectivity index (χ2n) is 6.60. The minimum Gasteiger partial charge on any atom is -0.338 e. The molecule has 1 fully saturated rings. The van der Waals surface area contributed by atoms with Gasteiger partial charge in [0.05, 0.1) is 0 Å². The highest BCUT2D eigenvalue weighted by atomic mass is 16.2. The van der Waals surface area contributed by atoms with Crippen molar-refractivity contribution in [3.05, 3.63) is 29.8 Å². The summed E-state index contributed by atoms with van der Waals surface area (Å²) in [6, 6.07) is 8.70. The van der Waals surface area contributed by atoms with E-state index in [0.717, 1.165) is 31.6 Å². The lowest BCUT2D eigenvalue weighted by Crippen LogP contribution is -2.34. The first-order chi connectivity index (χ1) is 11.2. The van der Waals surface area contributed by atoms with Crippen LogP contribution in [0.15, 0.2) is 24.3 Å². The zero-order valence-corrected chi connectivity index (χ0v) is 14.6. The van der Waals surface area contributed by atoms with Gasteiger partial charge in [0.2, 0.25) is 0 Å². The van der Waals surface area contributed by atoms with E-state index in [4.69, 9.17) is 0 Å².